The average molecular weight is 236 g/mol. The monoisotopic (exact) mass is 236 g/mol. The van der Waals surface area contributed by atoms with E-state index in [9.17, 15) is 0 Å². The van der Waals surface area contributed by atoms with E-state index in [1.165, 1.54) is 30.0 Å². The van der Waals surface area contributed by atoms with E-state index in [1.54, 1.807) is 11.1 Å². The molecule has 1 aromatic rings. The molecule has 0 nitrogen and oxygen atoms in total. The molecule has 1 heteroatoms. The van der Waals surface area contributed by atoms with Crippen LogP contribution < -0.4 is 4.35 Å². The summed E-state index contributed by atoms with van der Waals surface area (Å²) in [5.41, 5.74) is 3.11. The second-order valence-corrected chi connectivity index (χ2v) is 4.43. The molecule has 0 atom stereocenters. The molecule has 0 aliphatic rings. The van der Waals surface area contributed by atoms with Gasteiger partial charge in [0, 0.05) is 0 Å². The molecule has 0 bridgehead atoms. The van der Waals surface area contributed by atoms with Gasteiger partial charge in [-0.2, -0.15) is 0 Å². The van der Waals surface area contributed by atoms with E-state index in [4.69, 9.17) is 0 Å². The van der Waals surface area contributed by atoms with E-state index in [0.29, 0.717) is 0 Å². The van der Waals surface area contributed by atoms with E-state index in [2.05, 4.69) is 48.9 Å². The van der Waals surface area contributed by atoms with Crippen LogP contribution in [0.15, 0.2) is 18.2 Å². The van der Waals surface area contributed by atoms with Crippen LogP contribution in [-0.2, 0) is 12.8 Å². The summed E-state index contributed by atoms with van der Waals surface area (Å²) in [7, 11) is 0. The van der Waals surface area contributed by atoms with E-state index in [-0.39, 0.29) is 0 Å². The average Bonchev–Trinajstić information content (AvgIpc) is 2.11. The van der Waals surface area contributed by atoms with Gasteiger partial charge in [-0.1, -0.05) is 0 Å². The van der Waals surface area contributed by atoms with Crippen molar-refractivity contribution in [3.63, 3.8) is 0 Å². The van der Waals surface area contributed by atoms with Crippen LogP contribution in [0, 0.1) is 0 Å². The maximum atomic E-state index is 2.69. The first-order valence-corrected chi connectivity index (χ1v) is 6.03. The van der Waals surface area contributed by atoms with E-state index >= 15 is 0 Å². The summed E-state index contributed by atoms with van der Waals surface area (Å²) in [6.45, 7) is 4.49. The zero-order valence-corrected chi connectivity index (χ0v) is 10.4. The Morgan fingerprint density at radius 2 is 1.77 bits per heavy atom. The van der Waals surface area contributed by atoms with Crippen LogP contribution in [-0.4, -0.2) is 16.9 Å². The fourth-order valence-electron chi connectivity index (χ4n) is 1.66. The van der Waals surface area contributed by atoms with Gasteiger partial charge in [-0.25, -0.2) is 0 Å². The molecular formula is C12H17As. The second-order valence-electron chi connectivity index (χ2n) is 3.41. The Morgan fingerprint density at radius 3 is 2.38 bits per heavy atom. The van der Waals surface area contributed by atoms with Gasteiger partial charge in [-0.3, -0.25) is 0 Å². The quantitative estimate of drug-likeness (QED) is 0.704. The number of aryl methyl sites for hydroxylation is 1. The van der Waals surface area contributed by atoms with Gasteiger partial charge in [0.15, 0.2) is 0 Å². The summed E-state index contributed by atoms with van der Waals surface area (Å²) in [5, 5.41) is 0. The Kier molecular flexibility index (Phi) is 4.59. The molecule has 0 spiro atoms. The third-order valence-corrected chi connectivity index (χ3v) is 3.15. The van der Waals surface area contributed by atoms with Crippen molar-refractivity contribution in [1.29, 1.82) is 0 Å². The van der Waals surface area contributed by atoms with Gasteiger partial charge in [0.1, 0.15) is 0 Å². The predicted molar refractivity (Wildman–Crippen MR) is 59.8 cm³/mol. The third kappa shape index (κ3) is 2.88. The predicted octanol–water partition coefficient (Wildman–Crippen LogP) is 2.39. The molecule has 70 valence electrons. The Labute approximate surface area is 90.2 Å². The number of benzene rings is 1. The van der Waals surface area contributed by atoms with Crippen molar-refractivity contribution in [1.82, 2.24) is 0 Å². The van der Waals surface area contributed by atoms with Crippen LogP contribution in [0.25, 0.3) is 0 Å². The molecular weight excluding hydrogens is 219 g/mol. The van der Waals surface area contributed by atoms with Gasteiger partial charge < -0.3 is 0 Å². The van der Waals surface area contributed by atoms with Gasteiger partial charge in [-0.05, 0) is 0 Å². The van der Waals surface area contributed by atoms with Crippen molar-refractivity contribution in [3.05, 3.63) is 29.3 Å². The van der Waals surface area contributed by atoms with Gasteiger partial charge in [0.25, 0.3) is 0 Å². The first-order valence-electron chi connectivity index (χ1n) is 5.09. The Morgan fingerprint density at radius 1 is 1.08 bits per heavy atom. The minimum atomic E-state index is 1.22. The van der Waals surface area contributed by atoms with Gasteiger partial charge in [0.05, 0.1) is 0 Å². The van der Waals surface area contributed by atoms with Crippen molar-refractivity contribution >= 4 is 21.2 Å². The first kappa shape index (κ1) is 10.9. The summed E-state index contributed by atoms with van der Waals surface area (Å²) >= 11 is 2.69. The molecule has 0 saturated carbocycles. The van der Waals surface area contributed by atoms with Crippen LogP contribution >= 0.6 is 0 Å². The molecule has 0 N–H and O–H groups in total. The zero-order valence-electron chi connectivity index (χ0n) is 8.51. The molecule has 0 saturated heterocycles. The van der Waals surface area contributed by atoms with E-state index in [0.717, 1.165) is 0 Å². The van der Waals surface area contributed by atoms with Crippen molar-refractivity contribution in [2.75, 3.05) is 0 Å². The first-order chi connectivity index (χ1) is 6.29. The van der Waals surface area contributed by atoms with Crippen LogP contribution in [0.3, 0.4) is 0 Å². The topological polar surface area (TPSA) is 0 Å². The van der Waals surface area contributed by atoms with Crippen molar-refractivity contribution < 1.29 is 0 Å². The van der Waals surface area contributed by atoms with Crippen molar-refractivity contribution in [3.8, 4) is 0 Å². The van der Waals surface area contributed by atoms with Crippen molar-refractivity contribution in [2.24, 2.45) is 0 Å². The fourth-order valence-corrected chi connectivity index (χ4v) is 2.38. The molecule has 0 amide bonds. The Balaban J connectivity index is 2.95. The minimum absolute atomic E-state index is 1.22. The van der Waals surface area contributed by atoms with Gasteiger partial charge in [-0.15, -0.1) is 0 Å². The van der Waals surface area contributed by atoms with Gasteiger partial charge >= 0.3 is 90.1 Å². The summed E-state index contributed by atoms with van der Waals surface area (Å²) < 4.78 is 1.40. The molecule has 0 aromatic heterocycles. The summed E-state index contributed by atoms with van der Waals surface area (Å²) in [6.07, 6.45) is 4.93. The SMILES string of the molecule is CCCc1cccc([As])c1CCC. The Hall–Kier alpha value is -0.222. The summed E-state index contributed by atoms with van der Waals surface area (Å²) in [5.74, 6) is 0. The number of rotatable bonds is 4. The third-order valence-electron chi connectivity index (χ3n) is 2.27. The molecule has 1 aromatic carbocycles. The molecule has 0 aliphatic carbocycles. The molecule has 0 aliphatic heterocycles. The standard InChI is InChI=1S/C12H17As/c1-3-6-10-8-5-9-12(13)11(10)7-4-2/h5,8-9H,3-4,6-7H2,1-2H3. The molecule has 0 unspecified atom stereocenters. The summed E-state index contributed by atoms with van der Waals surface area (Å²) in [6, 6.07) is 6.63. The van der Waals surface area contributed by atoms with Crippen molar-refractivity contribution in [2.45, 2.75) is 39.5 Å². The summed E-state index contributed by atoms with van der Waals surface area (Å²) in [4.78, 5) is 0. The van der Waals surface area contributed by atoms with Crippen LogP contribution in [0.1, 0.15) is 37.8 Å². The number of hydrogen-bond donors (Lipinski definition) is 0. The van der Waals surface area contributed by atoms with Crippen LogP contribution in [0.5, 0.6) is 0 Å². The molecule has 1 rings (SSSR count). The molecule has 2 radical (unpaired) electrons. The molecule has 0 fully saturated rings. The van der Waals surface area contributed by atoms with Gasteiger partial charge in [0.2, 0.25) is 0 Å². The molecule has 13 heavy (non-hydrogen) atoms. The molecule has 0 heterocycles. The second kappa shape index (κ2) is 5.50. The Bertz CT molecular complexity index is 266. The zero-order chi connectivity index (χ0) is 9.68. The number of hydrogen-bond acceptors (Lipinski definition) is 0. The van der Waals surface area contributed by atoms with Crippen LogP contribution in [0.4, 0.5) is 0 Å². The fraction of sp³-hybridized carbons (Fsp3) is 0.500. The van der Waals surface area contributed by atoms with E-state index < -0.39 is 0 Å². The maximum absolute atomic E-state index is 2.69. The van der Waals surface area contributed by atoms with Crippen LogP contribution in [0.2, 0.25) is 0 Å². The van der Waals surface area contributed by atoms with E-state index in [1.807, 2.05) is 0 Å². The normalized spacial score (nSPS) is 10.4.